The third-order valence-corrected chi connectivity index (χ3v) is 3.91. The minimum absolute atomic E-state index is 0.794. The van der Waals surface area contributed by atoms with Gasteiger partial charge in [-0.3, -0.25) is 4.67 Å². The maximum atomic E-state index is 3.41. The van der Waals surface area contributed by atoms with Crippen molar-refractivity contribution in [3.05, 3.63) is 0 Å². The van der Waals surface area contributed by atoms with E-state index in [2.05, 4.69) is 26.4 Å². The third-order valence-electron chi connectivity index (χ3n) is 3.49. The zero-order valence-electron chi connectivity index (χ0n) is 7.79. The minimum atomic E-state index is 0.794. The van der Waals surface area contributed by atoms with Gasteiger partial charge in [-0.05, 0) is 38.1 Å². The zero-order chi connectivity index (χ0) is 8.55. The van der Waals surface area contributed by atoms with Crippen molar-refractivity contribution in [2.24, 2.45) is 11.8 Å². The van der Waals surface area contributed by atoms with Crippen LogP contribution in [0.2, 0.25) is 0 Å². The maximum Gasteiger partial charge on any atom is 0.00674 e. The molecule has 2 aliphatic rings. The minimum Gasteiger partial charge on any atom is -0.317 e. The Labute approximate surface area is 77.3 Å². The Kier molecular flexibility index (Phi) is 2.69. The first-order chi connectivity index (χ1) is 5.79. The van der Waals surface area contributed by atoms with Gasteiger partial charge in [0, 0.05) is 19.1 Å². The summed E-state index contributed by atoms with van der Waals surface area (Å²) < 4.78 is 2.41. The van der Waals surface area contributed by atoms with Gasteiger partial charge in [0.05, 0.1) is 0 Å². The fraction of sp³-hybridized carbons (Fsp3) is 1.00. The van der Waals surface area contributed by atoms with Gasteiger partial charge in [-0.25, -0.2) is 0 Å². The van der Waals surface area contributed by atoms with E-state index in [-0.39, 0.29) is 0 Å². The van der Waals surface area contributed by atoms with Crippen LogP contribution < -0.4 is 5.32 Å². The molecule has 0 aromatic rings. The summed E-state index contributed by atoms with van der Waals surface area (Å²) in [6.45, 7) is 2.61. The highest BCUT2D eigenvalue weighted by atomic mass is 31.0. The summed E-state index contributed by atoms with van der Waals surface area (Å²) in [5, 5.41) is 3.41. The molecule has 0 aromatic carbocycles. The van der Waals surface area contributed by atoms with Crippen LogP contribution in [0.4, 0.5) is 0 Å². The van der Waals surface area contributed by atoms with Crippen molar-refractivity contribution in [1.29, 1.82) is 0 Å². The van der Waals surface area contributed by atoms with Gasteiger partial charge < -0.3 is 5.32 Å². The Morgan fingerprint density at radius 3 is 2.75 bits per heavy atom. The van der Waals surface area contributed by atoms with E-state index in [1.165, 1.54) is 32.4 Å². The molecule has 70 valence electrons. The predicted molar refractivity (Wildman–Crippen MR) is 55.0 cm³/mol. The number of nitrogens with zero attached hydrogens (tertiary/aromatic N) is 1. The Morgan fingerprint density at radius 1 is 1.25 bits per heavy atom. The number of hydrogen-bond acceptors (Lipinski definition) is 2. The van der Waals surface area contributed by atoms with E-state index in [4.69, 9.17) is 0 Å². The van der Waals surface area contributed by atoms with Gasteiger partial charge in [-0.15, -0.1) is 0 Å². The van der Waals surface area contributed by atoms with Crippen molar-refractivity contribution in [2.75, 3.05) is 20.1 Å². The Morgan fingerprint density at radius 2 is 2.00 bits per heavy atom. The molecule has 1 N–H and O–H groups in total. The van der Waals surface area contributed by atoms with Crippen LogP contribution in [0.5, 0.6) is 0 Å². The fourth-order valence-electron chi connectivity index (χ4n) is 2.73. The molecule has 3 heteroatoms. The van der Waals surface area contributed by atoms with E-state index in [0.717, 1.165) is 17.9 Å². The van der Waals surface area contributed by atoms with E-state index in [0.29, 0.717) is 0 Å². The van der Waals surface area contributed by atoms with Gasteiger partial charge in [-0.2, -0.15) is 0 Å². The highest BCUT2D eigenvalue weighted by Gasteiger charge is 2.35. The first kappa shape index (κ1) is 8.93. The van der Waals surface area contributed by atoms with Crippen LogP contribution >= 0.6 is 9.39 Å². The van der Waals surface area contributed by atoms with E-state index in [9.17, 15) is 0 Å². The summed E-state index contributed by atoms with van der Waals surface area (Å²) in [7, 11) is 4.94. The molecule has 12 heavy (non-hydrogen) atoms. The SMILES string of the molecule is CNC1CCC2CN(P)CC2C1. The first-order valence-electron chi connectivity index (χ1n) is 4.96. The molecule has 0 bridgehead atoms. The summed E-state index contributed by atoms with van der Waals surface area (Å²) in [5.74, 6) is 1.96. The van der Waals surface area contributed by atoms with E-state index in [1.807, 2.05) is 0 Å². The van der Waals surface area contributed by atoms with Gasteiger partial charge in [-0.1, -0.05) is 9.39 Å². The van der Waals surface area contributed by atoms with Crippen molar-refractivity contribution in [2.45, 2.75) is 25.3 Å². The summed E-state index contributed by atoms with van der Waals surface area (Å²) in [6.07, 6.45) is 4.21. The molecular weight excluding hydrogens is 167 g/mol. The van der Waals surface area contributed by atoms with Crippen molar-refractivity contribution in [3.8, 4) is 0 Å². The highest BCUT2D eigenvalue weighted by molar-refractivity contribution is 7.13. The Hall–Kier alpha value is 0.350. The molecule has 0 radical (unpaired) electrons. The molecule has 1 aliphatic carbocycles. The van der Waals surface area contributed by atoms with Crippen LogP contribution in [0.25, 0.3) is 0 Å². The van der Waals surface area contributed by atoms with Crippen molar-refractivity contribution >= 4 is 9.39 Å². The Bertz CT molecular complexity index is 163. The molecule has 1 saturated heterocycles. The summed E-state index contributed by atoms with van der Waals surface area (Å²) >= 11 is 0. The molecule has 2 fully saturated rings. The lowest BCUT2D eigenvalue weighted by Gasteiger charge is -2.30. The average molecular weight is 186 g/mol. The highest BCUT2D eigenvalue weighted by Crippen LogP contribution is 2.37. The average Bonchev–Trinajstić information content (AvgIpc) is 2.43. The molecule has 2 rings (SSSR count). The first-order valence-corrected chi connectivity index (χ1v) is 5.48. The molecule has 1 heterocycles. The normalized spacial score (nSPS) is 43.0. The van der Waals surface area contributed by atoms with Crippen molar-refractivity contribution in [3.63, 3.8) is 0 Å². The van der Waals surface area contributed by atoms with Gasteiger partial charge in [0.15, 0.2) is 0 Å². The van der Waals surface area contributed by atoms with Crippen LogP contribution in [-0.2, 0) is 0 Å². The molecular formula is C9H19N2P. The lowest BCUT2D eigenvalue weighted by Crippen LogP contribution is -2.35. The lowest BCUT2D eigenvalue weighted by molar-refractivity contribution is 0.250. The van der Waals surface area contributed by atoms with Crippen LogP contribution in [0.1, 0.15) is 19.3 Å². The van der Waals surface area contributed by atoms with Crippen molar-refractivity contribution < 1.29 is 0 Å². The summed E-state index contributed by atoms with van der Waals surface area (Å²) in [4.78, 5) is 0. The molecule has 0 spiro atoms. The lowest BCUT2D eigenvalue weighted by atomic mass is 9.79. The monoisotopic (exact) mass is 186 g/mol. The van der Waals surface area contributed by atoms with Crippen LogP contribution in [-0.4, -0.2) is 30.8 Å². The second-order valence-corrected chi connectivity index (χ2v) is 5.00. The second kappa shape index (κ2) is 3.61. The maximum absolute atomic E-state index is 3.41. The number of hydrogen-bond donors (Lipinski definition) is 1. The van der Waals surface area contributed by atoms with Gasteiger partial charge in [0.1, 0.15) is 0 Å². The van der Waals surface area contributed by atoms with Crippen LogP contribution in [0.15, 0.2) is 0 Å². The Balaban J connectivity index is 1.93. The predicted octanol–water partition coefficient (Wildman–Crippen LogP) is 1.10. The number of nitrogens with one attached hydrogen (secondary N) is 1. The summed E-state index contributed by atoms with van der Waals surface area (Å²) in [6, 6.07) is 0.794. The quantitative estimate of drug-likeness (QED) is 0.617. The molecule has 1 saturated carbocycles. The molecule has 4 unspecified atom stereocenters. The van der Waals surface area contributed by atoms with Crippen molar-refractivity contribution in [1.82, 2.24) is 9.99 Å². The van der Waals surface area contributed by atoms with Gasteiger partial charge >= 0.3 is 0 Å². The van der Waals surface area contributed by atoms with Crippen LogP contribution in [0.3, 0.4) is 0 Å². The smallest absolute Gasteiger partial charge is 0.00674 e. The van der Waals surface area contributed by atoms with E-state index >= 15 is 0 Å². The molecule has 4 atom stereocenters. The fourth-order valence-corrected chi connectivity index (χ4v) is 3.27. The van der Waals surface area contributed by atoms with Gasteiger partial charge in [0.2, 0.25) is 0 Å². The number of rotatable bonds is 1. The van der Waals surface area contributed by atoms with Gasteiger partial charge in [0.25, 0.3) is 0 Å². The van der Waals surface area contributed by atoms with E-state index in [1.54, 1.807) is 0 Å². The van der Waals surface area contributed by atoms with E-state index < -0.39 is 0 Å². The molecule has 0 amide bonds. The largest absolute Gasteiger partial charge is 0.317 e. The third kappa shape index (κ3) is 1.66. The molecule has 0 aromatic heterocycles. The standard InChI is InChI=1S/C9H19N2P/c1-10-9-3-2-7-5-11(12)6-8(7)4-9/h7-10H,2-6,12H2,1H3. The summed E-state index contributed by atoms with van der Waals surface area (Å²) in [5.41, 5.74) is 0. The molecule has 2 nitrogen and oxygen atoms in total. The second-order valence-electron chi connectivity index (χ2n) is 4.27. The topological polar surface area (TPSA) is 15.3 Å². The van der Waals surface area contributed by atoms with Crippen LogP contribution in [0, 0.1) is 11.8 Å². The molecule has 1 aliphatic heterocycles. The number of fused-ring (bicyclic) bond motifs is 1. The zero-order valence-corrected chi connectivity index (χ0v) is 8.95.